The van der Waals surface area contributed by atoms with Gasteiger partial charge in [-0.15, -0.1) is 0 Å². The Morgan fingerprint density at radius 3 is 2.79 bits per heavy atom. The molecule has 1 aliphatic heterocycles. The number of ether oxygens (including phenoxy) is 2. The molecule has 3 heterocycles. The molecule has 3 aromatic rings. The molecule has 1 aliphatic rings. The first-order chi connectivity index (χ1) is 13.5. The zero-order valence-electron chi connectivity index (χ0n) is 14.7. The highest BCUT2D eigenvalue weighted by Crippen LogP contribution is 2.31. The molecule has 0 saturated carbocycles. The van der Waals surface area contributed by atoms with Crippen LogP contribution in [0, 0.1) is 17.1 Å². The van der Waals surface area contributed by atoms with Crippen molar-refractivity contribution in [2.45, 2.75) is 38.1 Å². The van der Waals surface area contributed by atoms with E-state index in [1.165, 1.54) is 29.4 Å². The van der Waals surface area contributed by atoms with Crippen LogP contribution < -0.4 is 4.74 Å². The topological polar surface area (TPSA) is 126 Å². The summed E-state index contributed by atoms with van der Waals surface area (Å²) in [6.45, 7) is 1.66. The minimum atomic E-state index is -1.12. The van der Waals surface area contributed by atoms with Crippen molar-refractivity contribution in [3.05, 3.63) is 47.9 Å². The lowest BCUT2D eigenvalue weighted by atomic mass is 10.1. The number of halogens is 1. The van der Waals surface area contributed by atoms with E-state index in [-0.39, 0.29) is 17.9 Å². The van der Waals surface area contributed by atoms with E-state index < -0.39 is 30.4 Å². The Kier molecular flexibility index (Phi) is 4.64. The number of hydrogen-bond donors (Lipinski definition) is 2. The van der Waals surface area contributed by atoms with Crippen molar-refractivity contribution in [3.63, 3.8) is 0 Å². The summed E-state index contributed by atoms with van der Waals surface area (Å²) in [4.78, 5) is 12.6. The van der Waals surface area contributed by atoms with Crippen LogP contribution >= 0.6 is 0 Å². The van der Waals surface area contributed by atoms with E-state index in [9.17, 15) is 14.6 Å². The Balaban J connectivity index is 1.59. The molecule has 4 atom stereocenters. The van der Waals surface area contributed by atoms with Gasteiger partial charge in [0.25, 0.3) is 0 Å². The van der Waals surface area contributed by atoms with Gasteiger partial charge in [-0.2, -0.15) is 5.26 Å². The summed E-state index contributed by atoms with van der Waals surface area (Å²) in [5.41, 5.74) is 1.23. The molecule has 0 radical (unpaired) electrons. The number of aliphatic hydroxyl groups excluding tert-OH is 2. The molecule has 0 aliphatic carbocycles. The van der Waals surface area contributed by atoms with Crippen LogP contribution in [0.5, 0.6) is 5.75 Å². The van der Waals surface area contributed by atoms with Gasteiger partial charge in [0.05, 0.1) is 18.0 Å². The van der Waals surface area contributed by atoms with Gasteiger partial charge in [0, 0.05) is 6.07 Å². The molecule has 1 fully saturated rings. The maximum absolute atomic E-state index is 13.7. The first-order valence-corrected chi connectivity index (χ1v) is 8.50. The van der Waals surface area contributed by atoms with Gasteiger partial charge in [-0.25, -0.2) is 19.3 Å². The molecular weight excluding hydrogens is 369 g/mol. The lowest BCUT2D eigenvalue weighted by molar-refractivity contribution is -0.0299. The van der Waals surface area contributed by atoms with Crippen molar-refractivity contribution in [1.82, 2.24) is 19.5 Å². The van der Waals surface area contributed by atoms with Crippen molar-refractivity contribution in [3.8, 4) is 11.8 Å². The van der Waals surface area contributed by atoms with Gasteiger partial charge < -0.3 is 19.7 Å². The number of nitrogens with zero attached hydrogens (tertiary/aromatic N) is 5. The molecule has 144 valence electrons. The summed E-state index contributed by atoms with van der Waals surface area (Å²) in [5.74, 6) is -0.425. The fourth-order valence-electron chi connectivity index (χ4n) is 3.08. The van der Waals surface area contributed by atoms with Gasteiger partial charge in [-0.05, 0) is 19.1 Å². The zero-order valence-corrected chi connectivity index (χ0v) is 14.7. The lowest BCUT2D eigenvalue weighted by Crippen LogP contribution is -2.30. The summed E-state index contributed by atoms with van der Waals surface area (Å²) in [6, 6.07) is 5.70. The Morgan fingerprint density at radius 1 is 1.29 bits per heavy atom. The second kappa shape index (κ2) is 7.12. The molecule has 0 unspecified atom stereocenters. The van der Waals surface area contributed by atoms with E-state index >= 15 is 0 Å². The maximum atomic E-state index is 13.7. The average molecular weight is 385 g/mol. The minimum absolute atomic E-state index is 0.00548. The molecule has 4 rings (SSSR count). The van der Waals surface area contributed by atoms with E-state index in [0.717, 1.165) is 6.07 Å². The summed E-state index contributed by atoms with van der Waals surface area (Å²) >= 11 is 0. The summed E-state index contributed by atoms with van der Waals surface area (Å²) in [6.07, 6.45) is -0.732. The van der Waals surface area contributed by atoms with E-state index in [0.29, 0.717) is 16.9 Å². The number of nitriles is 1. The SMILES string of the molecule is C[C@H]1O[C@@H](n2cnc3c(COc4ccc(C#N)c(F)c4)ncnc32)[C@H](O)[C@@H]1O. The van der Waals surface area contributed by atoms with Crippen LogP contribution in [0.15, 0.2) is 30.9 Å². The van der Waals surface area contributed by atoms with E-state index in [1.54, 1.807) is 13.0 Å². The standard InChI is InChI=1S/C18H16FN5O4/c1-9-15(25)16(26)18(28-9)24-8-23-14-13(21-7-22-17(14)24)6-27-11-3-2-10(5-20)12(19)4-11/h2-4,7-9,15-16,18,25-26H,6H2,1H3/t9-,15-,16-,18-/m1/s1. The predicted molar refractivity (Wildman–Crippen MR) is 92.4 cm³/mol. The highest BCUT2D eigenvalue weighted by atomic mass is 19.1. The molecule has 28 heavy (non-hydrogen) atoms. The van der Waals surface area contributed by atoms with Crippen molar-refractivity contribution < 1.29 is 24.1 Å². The van der Waals surface area contributed by atoms with Crippen LogP contribution in [-0.2, 0) is 11.3 Å². The normalized spacial score (nSPS) is 24.4. The van der Waals surface area contributed by atoms with Crippen LogP contribution in [0.4, 0.5) is 4.39 Å². The van der Waals surface area contributed by atoms with E-state index in [2.05, 4.69) is 15.0 Å². The van der Waals surface area contributed by atoms with Crippen molar-refractivity contribution in [1.29, 1.82) is 5.26 Å². The highest BCUT2D eigenvalue weighted by molar-refractivity contribution is 5.73. The highest BCUT2D eigenvalue weighted by Gasteiger charge is 2.42. The van der Waals surface area contributed by atoms with Crippen molar-refractivity contribution >= 4 is 11.2 Å². The number of hydrogen-bond acceptors (Lipinski definition) is 8. The molecule has 2 N–H and O–H groups in total. The third-order valence-electron chi connectivity index (χ3n) is 4.62. The lowest BCUT2D eigenvalue weighted by Gasteiger charge is -2.16. The maximum Gasteiger partial charge on any atom is 0.165 e. The monoisotopic (exact) mass is 385 g/mol. The predicted octanol–water partition coefficient (Wildman–Crippen LogP) is 1.06. The third kappa shape index (κ3) is 3.05. The third-order valence-corrected chi connectivity index (χ3v) is 4.62. The molecule has 1 aromatic carbocycles. The molecule has 1 saturated heterocycles. The average Bonchev–Trinajstić information content (AvgIpc) is 3.23. The largest absolute Gasteiger partial charge is 0.487 e. The molecule has 2 aromatic heterocycles. The van der Waals surface area contributed by atoms with E-state index in [4.69, 9.17) is 14.7 Å². The van der Waals surface area contributed by atoms with Gasteiger partial charge in [0.1, 0.15) is 54.0 Å². The molecular formula is C18H16FN5O4. The Bertz CT molecular complexity index is 1070. The number of imidazole rings is 1. The molecule has 0 spiro atoms. The number of benzene rings is 1. The van der Waals surface area contributed by atoms with Crippen molar-refractivity contribution in [2.75, 3.05) is 0 Å². The van der Waals surface area contributed by atoms with E-state index in [1.807, 2.05) is 0 Å². The number of aromatic nitrogens is 4. The molecule has 0 amide bonds. The summed E-state index contributed by atoms with van der Waals surface area (Å²) in [7, 11) is 0. The van der Waals surface area contributed by atoms with Crippen LogP contribution in [0.2, 0.25) is 0 Å². The minimum Gasteiger partial charge on any atom is -0.487 e. The Hall–Kier alpha value is -3.13. The molecule has 0 bridgehead atoms. The zero-order chi connectivity index (χ0) is 19.8. The van der Waals surface area contributed by atoms with Gasteiger partial charge in [-0.3, -0.25) is 4.57 Å². The Labute approximate surface area is 158 Å². The second-order valence-corrected chi connectivity index (χ2v) is 6.40. The van der Waals surface area contributed by atoms with Crippen LogP contribution in [0.3, 0.4) is 0 Å². The number of fused-ring (bicyclic) bond motifs is 1. The van der Waals surface area contributed by atoms with Gasteiger partial charge in [-0.1, -0.05) is 0 Å². The van der Waals surface area contributed by atoms with Crippen LogP contribution in [0.25, 0.3) is 11.2 Å². The summed E-state index contributed by atoms with van der Waals surface area (Å²) < 4.78 is 26.4. The quantitative estimate of drug-likeness (QED) is 0.683. The fraction of sp³-hybridized carbons (Fsp3) is 0.333. The van der Waals surface area contributed by atoms with Gasteiger partial charge >= 0.3 is 0 Å². The van der Waals surface area contributed by atoms with Gasteiger partial charge in [0.15, 0.2) is 11.9 Å². The Morgan fingerprint density at radius 2 is 2.11 bits per heavy atom. The number of rotatable bonds is 4. The fourth-order valence-corrected chi connectivity index (χ4v) is 3.08. The van der Waals surface area contributed by atoms with Crippen molar-refractivity contribution in [2.24, 2.45) is 0 Å². The molecule has 9 nitrogen and oxygen atoms in total. The van der Waals surface area contributed by atoms with Crippen LogP contribution in [-0.4, -0.2) is 48.0 Å². The van der Waals surface area contributed by atoms with Gasteiger partial charge in [0.2, 0.25) is 0 Å². The first kappa shape index (κ1) is 18.2. The smallest absolute Gasteiger partial charge is 0.165 e. The molecule has 10 heteroatoms. The second-order valence-electron chi connectivity index (χ2n) is 6.40. The summed E-state index contributed by atoms with van der Waals surface area (Å²) in [5, 5.41) is 28.9. The van der Waals surface area contributed by atoms with Crippen LogP contribution in [0.1, 0.15) is 24.4 Å². The number of aliphatic hydroxyl groups is 2. The first-order valence-electron chi connectivity index (χ1n) is 8.50.